The maximum atomic E-state index is 14.2. The molecular weight excluding hydrogens is 255 g/mol. The molecule has 2 N–H and O–H groups in total. The molecule has 1 saturated heterocycles. The Hall–Kier alpha value is -1.13. The van der Waals surface area contributed by atoms with E-state index in [0.29, 0.717) is 18.3 Å². The van der Waals surface area contributed by atoms with Crippen LogP contribution >= 0.6 is 0 Å². The second-order valence-corrected chi connectivity index (χ2v) is 6.06. The van der Waals surface area contributed by atoms with Crippen molar-refractivity contribution in [2.24, 2.45) is 5.92 Å². The van der Waals surface area contributed by atoms with Gasteiger partial charge in [-0.2, -0.15) is 0 Å². The van der Waals surface area contributed by atoms with E-state index < -0.39 is 0 Å². The SMILES string of the molecule is CC(C)NCc1ccc(N2CCC(C(C)O)C2)c(F)c1. The van der Waals surface area contributed by atoms with Gasteiger partial charge in [0.1, 0.15) is 5.82 Å². The van der Waals surface area contributed by atoms with Gasteiger partial charge >= 0.3 is 0 Å². The smallest absolute Gasteiger partial charge is 0.146 e. The summed E-state index contributed by atoms with van der Waals surface area (Å²) >= 11 is 0. The quantitative estimate of drug-likeness (QED) is 0.870. The second-order valence-electron chi connectivity index (χ2n) is 6.06. The standard InChI is InChI=1S/C16H25FN2O/c1-11(2)18-9-13-4-5-16(15(17)8-13)19-7-6-14(10-19)12(3)20/h4-5,8,11-12,14,18,20H,6-7,9-10H2,1-3H3. The molecule has 112 valence electrons. The summed E-state index contributed by atoms with van der Waals surface area (Å²) < 4.78 is 14.2. The predicted molar refractivity (Wildman–Crippen MR) is 80.4 cm³/mol. The molecule has 2 unspecified atom stereocenters. The zero-order valence-corrected chi connectivity index (χ0v) is 12.6. The summed E-state index contributed by atoms with van der Waals surface area (Å²) in [5, 5.41) is 12.9. The number of benzene rings is 1. The number of halogens is 1. The van der Waals surface area contributed by atoms with Crippen molar-refractivity contribution in [2.45, 2.75) is 45.9 Å². The number of rotatable bonds is 5. The van der Waals surface area contributed by atoms with Crippen molar-refractivity contribution in [2.75, 3.05) is 18.0 Å². The van der Waals surface area contributed by atoms with E-state index in [2.05, 4.69) is 19.2 Å². The van der Waals surface area contributed by atoms with Crippen molar-refractivity contribution in [1.29, 1.82) is 0 Å². The average Bonchev–Trinajstić information content (AvgIpc) is 2.86. The van der Waals surface area contributed by atoms with Gasteiger partial charge in [0.25, 0.3) is 0 Å². The summed E-state index contributed by atoms with van der Waals surface area (Å²) in [5.41, 5.74) is 1.62. The monoisotopic (exact) mass is 280 g/mol. The molecule has 2 atom stereocenters. The third-order valence-corrected chi connectivity index (χ3v) is 3.97. The first-order valence-electron chi connectivity index (χ1n) is 7.42. The number of aliphatic hydroxyl groups is 1. The van der Waals surface area contributed by atoms with E-state index in [0.717, 1.165) is 25.1 Å². The van der Waals surface area contributed by atoms with E-state index in [4.69, 9.17) is 0 Å². The van der Waals surface area contributed by atoms with E-state index >= 15 is 0 Å². The molecule has 4 heteroatoms. The van der Waals surface area contributed by atoms with Gasteiger partial charge in [-0.25, -0.2) is 4.39 Å². The highest BCUT2D eigenvalue weighted by Gasteiger charge is 2.27. The lowest BCUT2D eigenvalue weighted by Gasteiger charge is -2.21. The number of nitrogens with zero attached hydrogens (tertiary/aromatic N) is 1. The van der Waals surface area contributed by atoms with Crippen molar-refractivity contribution < 1.29 is 9.50 Å². The van der Waals surface area contributed by atoms with Gasteiger partial charge in [-0.05, 0) is 31.0 Å². The van der Waals surface area contributed by atoms with Gasteiger partial charge < -0.3 is 15.3 Å². The number of hydrogen-bond donors (Lipinski definition) is 2. The minimum atomic E-state index is -0.322. The highest BCUT2D eigenvalue weighted by atomic mass is 19.1. The third kappa shape index (κ3) is 3.70. The van der Waals surface area contributed by atoms with Gasteiger partial charge in [-0.15, -0.1) is 0 Å². The summed E-state index contributed by atoms with van der Waals surface area (Å²) in [4.78, 5) is 2.03. The normalized spacial score (nSPS) is 20.7. The van der Waals surface area contributed by atoms with Crippen LogP contribution in [0.5, 0.6) is 0 Å². The van der Waals surface area contributed by atoms with Crippen LogP contribution < -0.4 is 10.2 Å². The summed E-state index contributed by atoms with van der Waals surface area (Å²) in [7, 11) is 0. The Bertz CT molecular complexity index is 448. The molecule has 1 aliphatic heterocycles. The minimum absolute atomic E-state index is 0.167. The van der Waals surface area contributed by atoms with Crippen molar-refractivity contribution >= 4 is 5.69 Å². The molecule has 2 rings (SSSR count). The van der Waals surface area contributed by atoms with Gasteiger partial charge in [-0.1, -0.05) is 19.9 Å². The first-order valence-corrected chi connectivity index (χ1v) is 7.42. The summed E-state index contributed by atoms with van der Waals surface area (Å²) in [6.07, 6.45) is 0.603. The minimum Gasteiger partial charge on any atom is -0.393 e. The van der Waals surface area contributed by atoms with Crippen LogP contribution in [0.4, 0.5) is 10.1 Å². The van der Waals surface area contributed by atoms with Gasteiger partial charge in [0.05, 0.1) is 11.8 Å². The number of aliphatic hydroxyl groups excluding tert-OH is 1. The fourth-order valence-electron chi connectivity index (χ4n) is 2.64. The summed E-state index contributed by atoms with van der Waals surface area (Å²) in [6, 6.07) is 5.84. The summed E-state index contributed by atoms with van der Waals surface area (Å²) in [6.45, 7) is 8.20. The van der Waals surface area contributed by atoms with E-state index in [-0.39, 0.29) is 17.8 Å². The van der Waals surface area contributed by atoms with Crippen molar-refractivity contribution in [3.05, 3.63) is 29.6 Å². The molecule has 1 fully saturated rings. The lowest BCUT2D eigenvalue weighted by Crippen LogP contribution is -2.25. The van der Waals surface area contributed by atoms with Gasteiger partial charge in [0.2, 0.25) is 0 Å². The van der Waals surface area contributed by atoms with Crippen LogP contribution in [-0.2, 0) is 6.54 Å². The lowest BCUT2D eigenvalue weighted by molar-refractivity contribution is 0.136. The van der Waals surface area contributed by atoms with Crippen LogP contribution in [0.25, 0.3) is 0 Å². The first-order chi connectivity index (χ1) is 9.47. The van der Waals surface area contributed by atoms with Crippen molar-refractivity contribution in [1.82, 2.24) is 5.32 Å². The van der Waals surface area contributed by atoms with Crippen LogP contribution in [0.3, 0.4) is 0 Å². The van der Waals surface area contributed by atoms with Crippen LogP contribution in [-0.4, -0.2) is 30.3 Å². The molecule has 0 spiro atoms. The first kappa shape index (κ1) is 15.3. The lowest BCUT2D eigenvalue weighted by atomic mass is 10.0. The molecule has 0 bridgehead atoms. The van der Waals surface area contributed by atoms with Crippen LogP contribution in [0, 0.1) is 11.7 Å². The van der Waals surface area contributed by atoms with Crippen LogP contribution in [0.2, 0.25) is 0 Å². The van der Waals surface area contributed by atoms with Crippen molar-refractivity contribution in [3.8, 4) is 0 Å². The zero-order valence-electron chi connectivity index (χ0n) is 12.6. The topological polar surface area (TPSA) is 35.5 Å². The third-order valence-electron chi connectivity index (χ3n) is 3.97. The van der Waals surface area contributed by atoms with Crippen LogP contribution in [0.15, 0.2) is 18.2 Å². The Morgan fingerprint density at radius 3 is 2.70 bits per heavy atom. The predicted octanol–water partition coefficient (Wildman–Crippen LogP) is 2.53. The van der Waals surface area contributed by atoms with Gasteiger partial charge in [0, 0.05) is 31.6 Å². The molecule has 0 amide bonds. The Morgan fingerprint density at radius 1 is 1.40 bits per heavy atom. The van der Waals surface area contributed by atoms with Crippen molar-refractivity contribution in [3.63, 3.8) is 0 Å². The number of anilines is 1. The fourth-order valence-corrected chi connectivity index (χ4v) is 2.64. The molecule has 0 aromatic heterocycles. The molecule has 1 heterocycles. The zero-order chi connectivity index (χ0) is 14.7. The average molecular weight is 280 g/mol. The molecule has 1 aromatic rings. The largest absolute Gasteiger partial charge is 0.393 e. The molecule has 20 heavy (non-hydrogen) atoms. The van der Waals surface area contributed by atoms with E-state index in [1.807, 2.05) is 24.0 Å². The Labute approximate surface area is 120 Å². The number of hydrogen-bond acceptors (Lipinski definition) is 3. The maximum Gasteiger partial charge on any atom is 0.146 e. The second kappa shape index (κ2) is 6.55. The molecule has 1 aliphatic rings. The highest BCUT2D eigenvalue weighted by Crippen LogP contribution is 2.28. The van der Waals surface area contributed by atoms with E-state index in [1.165, 1.54) is 0 Å². The van der Waals surface area contributed by atoms with E-state index in [1.54, 1.807) is 6.07 Å². The van der Waals surface area contributed by atoms with E-state index in [9.17, 15) is 9.50 Å². The number of nitrogens with one attached hydrogen (secondary N) is 1. The maximum absolute atomic E-state index is 14.2. The summed E-state index contributed by atoms with van der Waals surface area (Å²) in [5.74, 6) is 0.0796. The fraction of sp³-hybridized carbons (Fsp3) is 0.625. The molecule has 0 aliphatic carbocycles. The highest BCUT2D eigenvalue weighted by molar-refractivity contribution is 5.50. The Morgan fingerprint density at radius 2 is 2.15 bits per heavy atom. The molecule has 0 saturated carbocycles. The molecule has 0 radical (unpaired) electrons. The van der Waals surface area contributed by atoms with Gasteiger partial charge in [-0.3, -0.25) is 0 Å². The molecule has 3 nitrogen and oxygen atoms in total. The Balaban J connectivity index is 2.03. The Kier molecular flexibility index (Phi) is 5.00. The van der Waals surface area contributed by atoms with Gasteiger partial charge in [0.15, 0.2) is 0 Å². The van der Waals surface area contributed by atoms with Crippen LogP contribution in [0.1, 0.15) is 32.8 Å². The molecule has 1 aromatic carbocycles. The molecular formula is C16H25FN2O.